The Morgan fingerprint density at radius 3 is 2.67 bits per heavy atom. The van der Waals surface area contributed by atoms with Crippen molar-refractivity contribution in [3.05, 3.63) is 30.1 Å². The van der Waals surface area contributed by atoms with E-state index in [-0.39, 0.29) is 0 Å². The second-order valence-electron chi connectivity index (χ2n) is 1.74. The van der Waals surface area contributed by atoms with Gasteiger partial charge in [-0.3, -0.25) is 4.98 Å². The fourth-order valence-electron chi connectivity index (χ4n) is 0.618. The van der Waals surface area contributed by atoms with Crippen LogP contribution in [-0.4, -0.2) is 13.0 Å². The van der Waals surface area contributed by atoms with Gasteiger partial charge < -0.3 is 5.23 Å². The first-order valence-electron chi connectivity index (χ1n) is 2.76. The molecule has 2 radical (unpaired) electrons. The summed E-state index contributed by atoms with van der Waals surface area (Å²) in [7, 11) is 5.09. The third-order valence-electron chi connectivity index (χ3n) is 1.06. The molecule has 3 heteroatoms. The zero-order chi connectivity index (χ0) is 6.53. The fourth-order valence-corrected chi connectivity index (χ4v) is 0.618. The zero-order valence-electron chi connectivity index (χ0n) is 5.04. The van der Waals surface area contributed by atoms with Crippen LogP contribution < -0.4 is 5.23 Å². The molecule has 0 saturated carbocycles. The second kappa shape index (κ2) is 3.25. The molecule has 0 unspecified atom stereocenters. The van der Waals surface area contributed by atoms with E-state index in [9.17, 15) is 0 Å². The van der Waals surface area contributed by atoms with E-state index in [0.717, 1.165) is 5.56 Å². The van der Waals surface area contributed by atoms with Crippen LogP contribution in [0.5, 0.6) is 0 Å². The number of hydrogen-bond donors (Lipinski definition) is 1. The highest BCUT2D eigenvalue weighted by atomic mass is 14.7. The highest BCUT2D eigenvalue weighted by Gasteiger charge is 1.84. The van der Waals surface area contributed by atoms with Gasteiger partial charge in [-0.05, 0) is 17.7 Å². The maximum atomic E-state index is 5.09. The zero-order valence-corrected chi connectivity index (χ0v) is 5.04. The predicted octanol–water partition coefficient (Wildman–Crippen LogP) is 0.255. The minimum absolute atomic E-state index is 0.697. The Labute approximate surface area is 55.7 Å². The summed E-state index contributed by atoms with van der Waals surface area (Å²) in [4.78, 5) is 3.86. The first-order valence-corrected chi connectivity index (χ1v) is 2.76. The molecule has 44 valence electrons. The number of rotatable bonds is 2. The van der Waals surface area contributed by atoms with Crippen LogP contribution in [0, 0.1) is 0 Å². The smallest absolute Gasteiger partial charge is 0.178 e. The van der Waals surface area contributed by atoms with Gasteiger partial charge in [0.15, 0.2) is 7.98 Å². The molecule has 1 heterocycles. The van der Waals surface area contributed by atoms with Crippen LogP contribution in [0.4, 0.5) is 0 Å². The topological polar surface area (TPSA) is 24.9 Å². The molecule has 9 heavy (non-hydrogen) atoms. The Bertz CT molecular complexity index is 164. The van der Waals surface area contributed by atoms with Gasteiger partial charge >= 0.3 is 0 Å². The average Bonchev–Trinajstić information content (AvgIpc) is 1.91. The molecule has 0 bridgehead atoms. The molecular formula is C6H7BN2. The molecule has 0 aliphatic heterocycles. The number of nitrogens with zero attached hydrogens (tertiary/aromatic N) is 1. The largest absolute Gasteiger partial charge is 0.363 e. The van der Waals surface area contributed by atoms with Crippen molar-refractivity contribution in [2.24, 2.45) is 0 Å². The first kappa shape index (κ1) is 6.30. The van der Waals surface area contributed by atoms with Crippen molar-refractivity contribution in [3.8, 4) is 0 Å². The molecule has 1 rings (SSSR count). The van der Waals surface area contributed by atoms with E-state index in [2.05, 4.69) is 10.2 Å². The highest BCUT2D eigenvalue weighted by molar-refractivity contribution is 6.04. The molecule has 0 atom stereocenters. The molecule has 0 aromatic carbocycles. The maximum absolute atomic E-state index is 5.09. The van der Waals surface area contributed by atoms with Crippen LogP contribution in [0.25, 0.3) is 0 Å². The van der Waals surface area contributed by atoms with Crippen molar-refractivity contribution < 1.29 is 0 Å². The van der Waals surface area contributed by atoms with E-state index in [1.807, 2.05) is 12.1 Å². The Balaban J connectivity index is 2.61. The summed E-state index contributed by atoms with van der Waals surface area (Å²) >= 11 is 0. The van der Waals surface area contributed by atoms with Crippen LogP contribution in [-0.2, 0) is 6.54 Å². The van der Waals surface area contributed by atoms with Gasteiger partial charge in [0.2, 0.25) is 0 Å². The molecule has 1 N–H and O–H groups in total. The molecule has 2 nitrogen and oxygen atoms in total. The molecule has 0 saturated heterocycles. The van der Waals surface area contributed by atoms with Crippen LogP contribution in [0.2, 0.25) is 0 Å². The van der Waals surface area contributed by atoms with Gasteiger partial charge in [0.1, 0.15) is 0 Å². The Morgan fingerprint density at radius 1 is 1.44 bits per heavy atom. The van der Waals surface area contributed by atoms with Gasteiger partial charge in [0.05, 0.1) is 0 Å². The first-order chi connectivity index (χ1) is 4.43. The summed E-state index contributed by atoms with van der Waals surface area (Å²) in [6.07, 6.45) is 3.49. The van der Waals surface area contributed by atoms with Crippen molar-refractivity contribution in [1.82, 2.24) is 10.2 Å². The molecule has 0 fully saturated rings. The lowest BCUT2D eigenvalue weighted by atomic mass is 10.2. The summed E-state index contributed by atoms with van der Waals surface area (Å²) in [5.41, 5.74) is 1.15. The minimum atomic E-state index is 0.697. The minimum Gasteiger partial charge on any atom is -0.363 e. The lowest BCUT2D eigenvalue weighted by molar-refractivity contribution is 0.956. The van der Waals surface area contributed by atoms with Gasteiger partial charge in [0.25, 0.3) is 0 Å². The molecule has 0 aliphatic rings. The van der Waals surface area contributed by atoms with Gasteiger partial charge in [-0.15, -0.1) is 0 Å². The van der Waals surface area contributed by atoms with E-state index < -0.39 is 0 Å². The van der Waals surface area contributed by atoms with Crippen LogP contribution in [0.3, 0.4) is 0 Å². The van der Waals surface area contributed by atoms with E-state index >= 15 is 0 Å². The van der Waals surface area contributed by atoms with Gasteiger partial charge in [-0.1, -0.05) is 0 Å². The molecule has 1 aromatic heterocycles. The number of nitrogens with one attached hydrogen (secondary N) is 1. The second-order valence-corrected chi connectivity index (χ2v) is 1.74. The highest BCUT2D eigenvalue weighted by Crippen LogP contribution is 1.92. The normalized spacial score (nSPS) is 9.33. The van der Waals surface area contributed by atoms with Gasteiger partial charge in [-0.2, -0.15) is 0 Å². The van der Waals surface area contributed by atoms with Crippen molar-refractivity contribution >= 4 is 7.98 Å². The molecule has 0 amide bonds. The number of pyridine rings is 1. The Hall–Kier alpha value is -0.825. The number of aromatic nitrogens is 1. The molecule has 0 spiro atoms. The van der Waals surface area contributed by atoms with Crippen LogP contribution in [0.15, 0.2) is 24.5 Å². The fraction of sp³-hybridized carbons (Fsp3) is 0.167. The summed E-state index contributed by atoms with van der Waals surface area (Å²) in [5.74, 6) is 0. The summed E-state index contributed by atoms with van der Waals surface area (Å²) < 4.78 is 0. The van der Waals surface area contributed by atoms with E-state index in [0.29, 0.717) is 6.54 Å². The van der Waals surface area contributed by atoms with Crippen LogP contribution in [0.1, 0.15) is 5.56 Å². The number of hydrogen-bond acceptors (Lipinski definition) is 2. The van der Waals surface area contributed by atoms with Gasteiger partial charge in [-0.25, -0.2) is 0 Å². The maximum Gasteiger partial charge on any atom is 0.178 e. The predicted molar refractivity (Wildman–Crippen MR) is 36.8 cm³/mol. The molecule has 1 aromatic rings. The van der Waals surface area contributed by atoms with E-state index in [1.165, 1.54) is 0 Å². The van der Waals surface area contributed by atoms with Crippen molar-refractivity contribution in [3.63, 3.8) is 0 Å². The SMILES string of the molecule is [B]NCc1ccncc1. The summed E-state index contributed by atoms with van der Waals surface area (Å²) in [6, 6.07) is 3.83. The standard InChI is InChI=1S/C6H7BN2/c7-9-5-6-1-3-8-4-2-6/h1-4,9H,5H2. The third-order valence-corrected chi connectivity index (χ3v) is 1.06. The third kappa shape index (κ3) is 1.86. The van der Waals surface area contributed by atoms with Crippen molar-refractivity contribution in [1.29, 1.82) is 0 Å². The Morgan fingerprint density at radius 2 is 2.11 bits per heavy atom. The van der Waals surface area contributed by atoms with E-state index in [4.69, 9.17) is 7.98 Å². The quantitative estimate of drug-likeness (QED) is 0.563. The molecular weight excluding hydrogens is 111 g/mol. The lowest BCUT2D eigenvalue weighted by Crippen LogP contribution is -2.06. The summed E-state index contributed by atoms with van der Waals surface area (Å²) in [6.45, 7) is 0.697. The molecule has 0 aliphatic carbocycles. The summed E-state index contributed by atoms with van der Waals surface area (Å²) in [5, 5.41) is 2.56. The Kier molecular flexibility index (Phi) is 2.27. The lowest BCUT2D eigenvalue weighted by Gasteiger charge is -1.95. The van der Waals surface area contributed by atoms with Crippen molar-refractivity contribution in [2.75, 3.05) is 0 Å². The van der Waals surface area contributed by atoms with E-state index in [1.54, 1.807) is 12.4 Å². The van der Waals surface area contributed by atoms with Crippen molar-refractivity contribution in [2.45, 2.75) is 6.54 Å². The monoisotopic (exact) mass is 118 g/mol. The van der Waals surface area contributed by atoms with Crippen LogP contribution >= 0.6 is 0 Å². The average molecular weight is 118 g/mol. The van der Waals surface area contributed by atoms with Gasteiger partial charge in [0, 0.05) is 18.9 Å².